The summed E-state index contributed by atoms with van der Waals surface area (Å²) in [6, 6.07) is 0. The summed E-state index contributed by atoms with van der Waals surface area (Å²) in [4.78, 5) is 25.1. The Bertz CT molecular complexity index is 946. The molecule has 0 aliphatic carbocycles. The summed E-state index contributed by atoms with van der Waals surface area (Å²) in [6.45, 7) is 3.71. The highest BCUT2D eigenvalue weighted by Crippen LogP contribution is 2.24. The first-order chi connectivity index (χ1) is 23.5. The minimum Gasteiger partial charge on any atom is -0.462 e. The molecule has 6 atom stereocenters. The van der Waals surface area contributed by atoms with Crippen LogP contribution in [0.15, 0.2) is 0 Å². The van der Waals surface area contributed by atoms with Gasteiger partial charge in [-0.05, 0) is 12.8 Å². The monoisotopic (exact) mass is 724 g/mol. The molecule has 49 heavy (non-hydrogen) atoms. The third kappa shape index (κ3) is 23.7. The van der Waals surface area contributed by atoms with E-state index in [1.165, 1.54) is 83.5 Å². The molecule has 12 nitrogen and oxygen atoms in total. The highest BCUT2D eigenvalue weighted by molar-refractivity contribution is 7.85. The van der Waals surface area contributed by atoms with Crippen LogP contribution in [0.1, 0.15) is 162 Å². The van der Waals surface area contributed by atoms with Crippen molar-refractivity contribution < 1.29 is 56.8 Å². The highest BCUT2D eigenvalue weighted by Gasteiger charge is 2.46. The van der Waals surface area contributed by atoms with Crippen molar-refractivity contribution in [2.45, 2.75) is 198 Å². The molecule has 1 heterocycles. The number of ether oxygens (including phenoxy) is 4. The van der Waals surface area contributed by atoms with Crippen LogP contribution in [-0.2, 0) is 38.7 Å². The van der Waals surface area contributed by atoms with Crippen LogP contribution in [0.25, 0.3) is 0 Å². The summed E-state index contributed by atoms with van der Waals surface area (Å²) < 4.78 is 53.7. The largest absolute Gasteiger partial charge is 0.462 e. The summed E-state index contributed by atoms with van der Waals surface area (Å²) in [5.74, 6) is -1.97. The van der Waals surface area contributed by atoms with Crippen LogP contribution in [0.5, 0.6) is 0 Å². The molecular weight excluding hydrogens is 656 g/mol. The van der Waals surface area contributed by atoms with E-state index in [1.54, 1.807) is 0 Å². The summed E-state index contributed by atoms with van der Waals surface area (Å²) in [5, 5.41) is 30.7. The van der Waals surface area contributed by atoms with Gasteiger partial charge >= 0.3 is 11.9 Å². The molecule has 1 aliphatic heterocycles. The summed E-state index contributed by atoms with van der Waals surface area (Å²) in [6.07, 6.45) is 14.6. The number of carbonyl (C=O) groups excluding carboxylic acids is 2. The molecule has 0 saturated carbocycles. The highest BCUT2D eigenvalue weighted by atomic mass is 32.2. The molecule has 0 spiro atoms. The van der Waals surface area contributed by atoms with Crippen molar-refractivity contribution in [2.24, 2.45) is 0 Å². The normalized spacial score (nSPS) is 21.8. The molecule has 1 saturated heterocycles. The van der Waals surface area contributed by atoms with E-state index in [-0.39, 0.29) is 19.4 Å². The van der Waals surface area contributed by atoms with Gasteiger partial charge in [0, 0.05) is 12.8 Å². The Labute approximate surface area is 295 Å². The SMILES string of the molecule is CCCCCCCCCCCCCC(=O)O[C@H](COC(=O)CCCCCCCCCCCC)CO[C@H]1O[C@H](CS(=O)(=O)O)[C@@H](O)C(O)C1O. The Morgan fingerprint density at radius 1 is 0.612 bits per heavy atom. The van der Waals surface area contributed by atoms with Gasteiger partial charge in [-0.2, -0.15) is 8.42 Å². The fourth-order valence-corrected chi connectivity index (χ4v) is 6.60. The fraction of sp³-hybridized carbons (Fsp3) is 0.944. The van der Waals surface area contributed by atoms with Crippen LogP contribution in [0.2, 0.25) is 0 Å². The quantitative estimate of drug-likeness (QED) is 0.0363. The van der Waals surface area contributed by atoms with E-state index in [0.29, 0.717) is 12.8 Å². The molecule has 290 valence electrons. The van der Waals surface area contributed by atoms with E-state index in [4.69, 9.17) is 18.9 Å². The molecule has 1 aliphatic rings. The van der Waals surface area contributed by atoms with Crippen LogP contribution in [-0.4, -0.2) is 96.0 Å². The molecule has 1 rings (SSSR count). The summed E-state index contributed by atoms with van der Waals surface area (Å²) >= 11 is 0. The van der Waals surface area contributed by atoms with Gasteiger partial charge in [-0.1, -0.05) is 136 Å². The number of aliphatic hydroxyl groups is 3. The maximum absolute atomic E-state index is 12.7. The molecule has 0 bridgehead atoms. The van der Waals surface area contributed by atoms with Gasteiger partial charge in [-0.15, -0.1) is 0 Å². The zero-order valence-electron chi connectivity index (χ0n) is 30.3. The standard InChI is InChI=1S/C36H68O12S/c1-3-5-7-9-11-13-15-17-19-21-23-25-32(38)47-29(26-45-31(37)24-22-20-18-16-14-12-10-8-6-4-2)27-46-36-35(41)34(40)33(39)30(48-36)28-49(42,43)44/h29-30,33-36,39-41H,3-28H2,1-2H3,(H,42,43,44)/t29-,30-,33-,34?,35?,36+/m1/s1. The van der Waals surface area contributed by atoms with Crippen molar-refractivity contribution in [1.82, 2.24) is 0 Å². The van der Waals surface area contributed by atoms with Gasteiger partial charge in [0.1, 0.15) is 36.8 Å². The molecular formula is C36H68O12S. The van der Waals surface area contributed by atoms with Gasteiger partial charge in [0.15, 0.2) is 12.4 Å². The lowest BCUT2D eigenvalue weighted by molar-refractivity contribution is -0.297. The predicted octanol–water partition coefficient (Wildman–Crippen LogP) is 6.17. The van der Waals surface area contributed by atoms with Crippen molar-refractivity contribution in [2.75, 3.05) is 19.0 Å². The van der Waals surface area contributed by atoms with Gasteiger partial charge in [0.05, 0.1) is 6.61 Å². The van der Waals surface area contributed by atoms with Crippen molar-refractivity contribution in [3.63, 3.8) is 0 Å². The van der Waals surface area contributed by atoms with Crippen LogP contribution < -0.4 is 0 Å². The van der Waals surface area contributed by atoms with E-state index in [0.717, 1.165) is 38.5 Å². The second-order valence-electron chi connectivity index (χ2n) is 13.6. The number of hydrogen-bond donors (Lipinski definition) is 4. The molecule has 1 fully saturated rings. The molecule has 4 N–H and O–H groups in total. The van der Waals surface area contributed by atoms with Crippen LogP contribution in [0.3, 0.4) is 0 Å². The Hall–Kier alpha value is -1.35. The van der Waals surface area contributed by atoms with Gasteiger partial charge in [0.25, 0.3) is 10.1 Å². The first-order valence-electron chi connectivity index (χ1n) is 19.1. The zero-order valence-corrected chi connectivity index (χ0v) is 31.1. The Morgan fingerprint density at radius 3 is 1.49 bits per heavy atom. The number of hydrogen-bond acceptors (Lipinski definition) is 11. The molecule has 0 aromatic carbocycles. The van der Waals surface area contributed by atoms with Crippen LogP contribution in [0, 0.1) is 0 Å². The molecule has 0 amide bonds. The third-order valence-electron chi connectivity index (χ3n) is 8.94. The first-order valence-corrected chi connectivity index (χ1v) is 20.7. The number of rotatable bonds is 31. The zero-order chi connectivity index (χ0) is 36.3. The third-order valence-corrected chi connectivity index (χ3v) is 9.69. The Morgan fingerprint density at radius 2 is 1.04 bits per heavy atom. The van der Waals surface area contributed by atoms with E-state index in [9.17, 15) is 37.9 Å². The average molecular weight is 725 g/mol. The second kappa shape index (κ2) is 28.3. The lowest BCUT2D eigenvalue weighted by Gasteiger charge is -2.40. The maximum Gasteiger partial charge on any atom is 0.306 e. The van der Waals surface area contributed by atoms with Crippen LogP contribution in [0.4, 0.5) is 0 Å². The second-order valence-corrected chi connectivity index (χ2v) is 15.1. The first kappa shape index (κ1) is 45.7. The minimum absolute atomic E-state index is 0.171. The molecule has 0 aromatic heterocycles. The van der Waals surface area contributed by atoms with Crippen molar-refractivity contribution in [1.29, 1.82) is 0 Å². The van der Waals surface area contributed by atoms with Crippen molar-refractivity contribution >= 4 is 22.1 Å². The van der Waals surface area contributed by atoms with Crippen LogP contribution >= 0.6 is 0 Å². The average Bonchev–Trinajstić information content (AvgIpc) is 3.05. The molecule has 0 radical (unpaired) electrons. The van der Waals surface area contributed by atoms with E-state index >= 15 is 0 Å². The summed E-state index contributed by atoms with van der Waals surface area (Å²) in [5.41, 5.74) is 0. The molecule has 13 heteroatoms. The van der Waals surface area contributed by atoms with Gasteiger partial charge < -0.3 is 34.3 Å². The van der Waals surface area contributed by atoms with Gasteiger partial charge in [0.2, 0.25) is 0 Å². The van der Waals surface area contributed by atoms with E-state index in [2.05, 4.69) is 13.8 Å². The van der Waals surface area contributed by atoms with Crippen molar-refractivity contribution in [3.8, 4) is 0 Å². The summed E-state index contributed by atoms with van der Waals surface area (Å²) in [7, 11) is -4.59. The Balaban J connectivity index is 2.54. The van der Waals surface area contributed by atoms with Gasteiger partial charge in [-0.25, -0.2) is 0 Å². The molecule has 2 unspecified atom stereocenters. The Kier molecular flexibility index (Phi) is 26.3. The lowest BCUT2D eigenvalue weighted by atomic mass is 10.00. The number of unbranched alkanes of at least 4 members (excludes halogenated alkanes) is 19. The minimum atomic E-state index is -4.59. The smallest absolute Gasteiger partial charge is 0.306 e. The van der Waals surface area contributed by atoms with Gasteiger partial charge in [-0.3, -0.25) is 14.1 Å². The number of aliphatic hydroxyl groups excluding tert-OH is 3. The van der Waals surface area contributed by atoms with E-state index in [1.807, 2.05) is 0 Å². The molecule has 0 aromatic rings. The predicted molar refractivity (Wildman–Crippen MR) is 187 cm³/mol. The topological polar surface area (TPSA) is 186 Å². The number of carbonyl (C=O) groups is 2. The van der Waals surface area contributed by atoms with E-state index < -0.39 is 71.2 Å². The lowest BCUT2D eigenvalue weighted by Crippen LogP contribution is -2.60. The fourth-order valence-electron chi connectivity index (χ4n) is 5.91. The number of esters is 2. The van der Waals surface area contributed by atoms with Crippen molar-refractivity contribution in [3.05, 3.63) is 0 Å². The maximum atomic E-state index is 12.7.